The number of rotatable bonds is 9. The van der Waals surface area contributed by atoms with Gasteiger partial charge in [0, 0.05) is 11.6 Å². The minimum Gasteiger partial charge on any atom is -0.413 e. The maximum absolute atomic E-state index is 6.44. The lowest BCUT2D eigenvalue weighted by molar-refractivity contribution is 0.226. The van der Waals surface area contributed by atoms with Crippen LogP contribution in [0.1, 0.15) is 25.0 Å². The Morgan fingerprint density at radius 1 is 0.826 bits per heavy atom. The normalized spacial score (nSPS) is 11.8. The summed E-state index contributed by atoms with van der Waals surface area (Å²) < 4.78 is 6.44. The number of halogens is 1. The molecule has 0 atom stereocenters. The van der Waals surface area contributed by atoms with Crippen molar-refractivity contribution < 1.29 is 4.43 Å². The van der Waals surface area contributed by atoms with Crippen LogP contribution in [-0.2, 0) is 17.3 Å². The summed E-state index contributed by atoms with van der Waals surface area (Å²) >= 11 is 6.44. The SMILES string of the molecule is CC(C)O[Si](CCl)(CCc1ccccc1)CCc1ccccc1. The quantitative estimate of drug-likeness (QED) is 0.423. The van der Waals surface area contributed by atoms with Gasteiger partial charge in [-0.05, 0) is 49.9 Å². The summed E-state index contributed by atoms with van der Waals surface area (Å²) in [6.45, 7) is 4.25. The van der Waals surface area contributed by atoms with Crippen LogP contribution in [-0.4, -0.2) is 19.9 Å². The monoisotopic (exact) mass is 346 g/mol. The van der Waals surface area contributed by atoms with Crippen molar-refractivity contribution in [2.45, 2.75) is 44.9 Å². The van der Waals surface area contributed by atoms with Crippen LogP contribution in [0.3, 0.4) is 0 Å². The Morgan fingerprint density at radius 3 is 1.61 bits per heavy atom. The third-order valence-electron chi connectivity index (χ3n) is 4.15. The van der Waals surface area contributed by atoms with E-state index in [0.717, 1.165) is 24.9 Å². The molecule has 2 aromatic rings. The highest BCUT2D eigenvalue weighted by Crippen LogP contribution is 2.26. The van der Waals surface area contributed by atoms with Gasteiger partial charge in [-0.15, -0.1) is 11.6 Å². The molecule has 0 aliphatic rings. The molecule has 0 saturated carbocycles. The van der Waals surface area contributed by atoms with E-state index in [4.69, 9.17) is 16.0 Å². The minimum absolute atomic E-state index is 0.243. The van der Waals surface area contributed by atoms with Gasteiger partial charge in [0.15, 0.2) is 0 Å². The van der Waals surface area contributed by atoms with Crippen LogP contribution in [0.25, 0.3) is 0 Å². The predicted octanol–water partition coefficient (Wildman–Crippen LogP) is 5.62. The molecular weight excluding hydrogens is 320 g/mol. The molecule has 0 aliphatic heterocycles. The molecule has 0 unspecified atom stereocenters. The summed E-state index contributed by atoms with van der Waals surface area (Å²) in [5.74, 6) is 0. The molecule has 0 spiro atoms. The van der Waals surface area contributed by atoms with Gasteiger partial charge in [0.25, 0.3) is 0 Å². The summed E-state index contributed by atoms with van der Waals surface area (Å²) in [6.07, 6.45) is 2.36. The lowest BCUT2D eigenvalue weighted by Crippen LogP contribution is -2.44. The Labute approximate surface area is 146 Å². The molecule has 0 heterocycles. The van der Waals surface area contributed by atoms with Crippen molar-refractivity contribution >= 4 is 19.9 Å². The fraction of sp³-hybridized carbons (Fsp3) is 0.400. The van der Waals surface area contributed by atoms with E-state index in [0.29, 0.717) is 5.50 Å². The molecule has 0 radical (unpaired) electrons. The lowest BCUT2D eigenvalue weighted by Gasteiger charge is -2.32. The maximum Gasteiger partial charge on any atom is 0.208 e. The standard InChI is InChI=1S/C20H27ClOSi/c1-18(2)22-23(17-21,15-13-19-9-5-3-6-10-19)16-14-20-11-7-4-8-12-20/h3-12,18H,13-17H2,1-2H3. The molecule has 0 fully saturated rings. The van der Waals surface area contributed by atoms with Gasteiger partial charge < -0.3 is 4.43 Å². The highest BCUT2D eigenvalue weighted by atomic mass is 35.5. The zero-order valence-electron chi connectivity index (χ0n) is 14.2. The first kappa shape index (κ1) is 18.2. The minimum atomic E-state index is -1.93. The molecule has 2 rings (SSSR count). The van der Waals surface area contributed by atoms with E-state index in [-0.39, 0.29) is 6.10 Å². The van der Waals surface area contributed by atoms with Crippen molar-refractivity contribution in [2.24, 2.45) is 0 Å². The van der Waals surface area contributed by atoms with Gasteiger partial charge >= 0.3 is 0 Å². The summed E-state index contributed by atoms with van der Waals surface area (Å²) in [4.78, 5) is 0. The molecule has 0 amide bonds. The molecule has 0 aromatic heterocycles. The first-order valence-electron chi connectivity index (χ1n) is 8.45. The van der Waals surface area contributed by atoms with Crippen molar-refractivity contribution in [1.29, 1.82) is 0 Å². The molecule has 124 valence electrons. The Morgan fingerprint density at radius 2 is 1.26 bits per heavy atom. The fourth-order valence-corrected chi connectivity index (χ4v) is 7.24. The van der Waals surface area contributed by atoms with Crippen molar-refractivity contribution in [3.05, 3.63) is 71.8 Å². The van der Waals surface area contributed by atoms with E-state index in [1.165, 1.54) is 11.1 Å². The van der Waals surface area contributed by atoms with Crippen LogP contribution in [0.15, 0.2) is 60.7 Å². The van der Waals surface area contributed by atoms with Crippen LogP contribution in [0.5, 0.6) is 0 Å². The second-order valence-electron chi connectivity index (χ2n) is 6.45. The van der Waals surface area contributed by atoms with Crippen LogP contribution in [0.2, 0.25) is 12.1 Å². The van der Waals surface area contributed by atoms with E-state index in [1.54, 1.807) is 0 Å². The van der Waals surface area contributed by atoms with Crippen molar-refractivity contribution in [3.8, 4) is 0 Å². The molecule has 0 N–H and O–H groups in total. The molecule has 3 heteroatoms. The second kappa shape index (κ2) is 9.26. The average molecular weight is 347 g/mol. The smallest absolute Gasteiger partial charge is 0.208 e. The highest BCUT2D eigenvalue weighted by molar-refractivity contribution is 6.80. The Hall–Kier alpha value is -1.09. The number of aryl methyl sites for hydroxylation is 2. The molecule has 2 aromatic carbocycles. The third kappa shape index (κ3) is 6.13. The molecular formula is C20H27ClOSi. The van der Waals surface area contributed by atoms with Gasteiger partial charge in [0.05, 0.1) is 0 Å². The molecule has 1 nitrogen and oxygen atoms in total. The molecule has 0 bridgehead atoms. The van der Waals surface area contributed by atoms with Crippen LogP contribution >= 0.6 is 11.6 Å². The largest absolute Gasteiger partial charge is 0.413 e. The van der Waals surface area contributed by atoms with Gasteiger partial charge in [-0.3, -0.25) is 0 Å². The fourth-order valence-electron chi connectivity index (χ4n) is 2.94. The van der Waals surface area contributed by atoms with Gasteiger partial charge in [-0.1, -0.05) is 60.7 Å². The molecule has 23 heavy (non-hydrogen) atoms. The van der Waals surface area contributed by atoms with Gasteiger partial charge in [0.2, 0.25) is 8.32 Å². The van der Waals surface area contributed by atoms with Crippen LogP contribution < -0.4 is 0 Å². The first-order valence-corrected chi connectivity index (χ1v) is 11.5. The lowest BCUT2D eigenvalue weighted by atomic mass is 10.2. The van der Waals surface area contributed by atoms with Gasteiger partial charge in [0.1, 0.15) is 0 Å². The molecule has 0 aliphatic carbocycles. The van der Waals surface area contributed by atoms with Gasteiger partial charge in [-0.2, -0.15) is 0 Å². The topological polar surface area (TPSA) is 9.23 Å². The zero-order valence-corrected chi connectivity index (χ0v) is 15.9. The molecule has 0 saturated heterocycles. The number of benzene rings is 2. The van der Waals surface area contributed by atoms with E-state index < -0.39 is 8.32 Å². The summed E-state index contributed by atoms with van der Waals surface area (Å²) in [7, 11) is -1.93. The van der Waals surface area contributed by atoms with E-state index in [1.807, 2.05) is 0 Å². The summed E-state index contributed by atoms with van der Waals surface area (Å²) in [5, 5.41) is 0. The first-order chi connectivity index (χ1) is 11.1. The Balaban J connectivity index is 2.04. The average Bonchev–Trinajstić information content (AvgIpc) is 2.59. The predicted molar refractivity (Wildman–Crippen MR) is 103 cm³/mol. The van der Waals surface area contributed by atoms with Crippen molar-refractivity contribution in [3.63, 3.8) is 0 Å². The van der Waals surface area contributed by atoms with E-state index in [2.05, 4.69) is 74.5 Å². The summed E-state index contributed by atoms with van der Waals surface area (Å²) in [5.41, 5.74) is 3.42. The highest BCUT2D eigenvalue weighted by Gasteiger charge is 2.34. The third-order valence-corrected chi connectivity index (χ3v) is 9.40. The maximum atomic E-state index is 6.44. The zero-order chi connectivity index (χ0) is 16.5. The van der Waals surface area contributed by atoms with Gasteiger partial charge in [-0.25, -0.2) is 0 Å². The Bertz CT molecular complexity index is 513. The van der Waals surface area contributed by atoms with E-state index in [9.17, 15) is 0 Å². The number of hydrogen-bond acceptors (Lipinski definition) is 1. The summed E-state index contributed by atoms with van der Waals surface area (Å²) in [6, 6.07) is 23.5. The van der Waals surface area contributed by atoms with Crippen LogP contribution in [0, 0.1) is 0 Å². The number of alkyl halides is 1. The van der Waals surface area contributed by atoms with Crippen molar-refractivity contribution in [2.75, 3.05) is 5.50 Å². The van der Waals surface area contributed by atoms with Crippen molar-refractivity contribution in [1.82, 2.24) is 0 Å². The van der Waals surface area contributed by atoms with E-state index >= 15 is 0 Å². The number of hydrogen-bond donors (Lipinski definition) is 0. The second-order valence-corrected chi connectivity index (χ2v) is 11.1. The Kier molecular flexibility index (Phi) is 7.35. The van der Waals surface area contributed by atoms with Crippen LogP contribution in [0.4, 0.5) is 0 Å².